The van der Waals surface area contributed by atoms with Gasteiger partial charge in [0, 0.05) is 4.47 Å². The summed E-state index contributed by atoms with van der Waals surface area (Å²) in [5, 5.41) is 0.626. The van der Waals surface area contributed by atoms with E-state index in [9.17, 15) is 14.4 Å². The first-order chi connectivity index (χ1) is 17.3. The van der Waals surface area contributed by atoms with Gasteiger partial charge in [-0.1, -0.05) is 46.3 Å². The number of halogens is 1. The molecule has 0 spiro atoms. The zero-order valence-corrected chi connectivity index (χ0v) is 22.1. The van der Waals surface area contributed by atoms with Crippen LogP contribution in [0, 0.1) is 6.92 Å². The van der Waals surface area contributed by atoms with Gasteiger partial charge in [0.2, 0.25) is 5.76 Å². The molecule has 0 saturated carbocycles. The van der Waals surface area contributed by atoms with Crippen molar-refractivity contribution in [3.63, 3.8) is 0 Å². The third kappa shape index (κ3) is 4.00. The van der Waals surface area contributed by atoms with E-state index in [1.54, 1.807) is 37.3 Å². The van der Waals surface area contributed by atoms with Crippen LogP contribution in [0.1, 0.15) is 56.4 Å². The summed E-state index contributed by atoms with van der Waals surface area (Å²) in [5.41, 5.74) is 1.34. The molecule has 1 aliphatic heterocycles. The molecule has 2 aromatic carbocycles. The normalized spacial score (nSPS) is 14.8. The standard InChI is InChI=1S/C26H21BrN2O6S/c1-4-11-34-16-8-5-14(6-9-16)20-19-21(30)17-12-15(27)7-10-18(17)35-22(19)24(31)29(20)26-28-13(2)23(36-26)25(32)33-3/h5-10,12,20H,4,11H2,1-3H3. The molecule has 1 atom stereocenters. The van der Waals surface area contributed by atoms with Crippen molar-refractivity contribution in [3.05, 3.63) is 84.6 Å². The minimum atomic E-state index is -0.802. The second kappa shape index (κ2) is 9.51. The van der Waals surface area contributed by atoms with Crippen LogP contribution in [0.4, 0.5) is 5.13 Å². The number of fused-ring (bicyclic) bond motifs is 2. The summed E-state index contributed by atoms with van der Waals surface area (Å²) in [6.07, 6.45) is 0.871. The molecule has 2 aromatic heterocycles. The van der Waals surface area contributed by atoms with Crippen LogP contribution in [-0.2, 0) is 4.74 Å². The highest BCUT2D eigenvalue weighted by Crippen LogP contribution is 2.43. The third-order valence-electron chi connectivity index (χ3n) is 5.86. The van der Waals surface area contributed by atoms with Crippen molar-refractivity contribution < 1.29 is 23.5 Å². The summed E-state index contributed by atoms with van der Waals surface area (Å²) in [4.78, 5) is 45.9. The molecule has 0 bridgehead atoms. The van der Waals surface area contributed by atoms with Crippen molar-refractivity contribution in [2.75, 3.05) is 18.6 Å². The monoisotopic (exact) mass is 568 g/mol. The van der Waals surface area contributed by atoms with Gasteiger partial charge >= 0.3 is 5.97 Å². The Kier molecular flexibility index (Phi) is 6.40. The lowest BCUT2D eigenvalue weighted by molar-refractivity contribution is 0.0605. The van der Waals surface area contributed by atoms with Crippen LogP contribution >= 0.6 is 27.3 Å². The predicted octanol–water partition coefficient (Wildman–Crippen LogP) is 5.65. The minimum Gasteiger partial charge on any atom is -0.494 e. The highest BCUT2D eigenvalue weighted by Gasteiger charge is 2.45. The van der Waals surface area contributed by atoms with E-state index < -0.39 is 17.9 Å². The molecular weight excluding hydrogens is 548 g/mol. The molecule has 1 amide bonds. The molecule has 4 aromatic rings. The van der Waals surface area contributed by atoms with Crippen LogP contribution in [0.2, 0.25) is 0 Å². The van der Waals surface area contributed by atoms with Gasteiger partial charge in [-0.3, -0.25) is 14.5 Å². The van der Waals surface area contributed by atoms with Gasteiger partial charge in [0.15, 0.2) is 10.6 Å². The topological polar surface area (TPSA) is 98.9 Å². The number of aryl methyl sites for hydroxylation is 1. The van der Waals surface area contributed by atoms with Crippen LogP contribution in [-0.4, -0.2) is 30.6 Å². The number of methoxy groups -OCH3 is 1. The number of nitrogens with zero attached hydrogens (tertiary/aromatic N) is 2. The van der Waals surface area contributed by atoms with E-state index in [0.29, 0.717) is 34.6 Å². The Morgan fingerprint density at radius 3 is 2.64 bits per heavy atom. The fraction of sp³-hybridized carbons (Fsp3) is 0.231. The Morgan fingerprint density at radius 1 is 1.19 bits per heavy atom. The molecule has 5 rings (SSSR count). The summed E-state index contributed by atoms with van der Waals surface area (Å²) in [6.45, 7) is 4.27. The fourth-order valence-corrected chi connectivity index (χ4v) is 5.56. The Morgan fingerprint density at radius 2 is 1.94 bits per heavy atom. The van der Waals surface area contributed by atoms with Gasteiger partial charge in [0.05, 0.1) is 36.4 Å². The number of aromatic nitrogens is 1. The zero-order chi connectivity index (χ0) is 25.6. The summed E-state index contributed by atoms with van der Waals surface area (Å²) in [5.74, 6) is -0.407. The SMILES string of the molecule is CCCOc1ccc(C2c3c(oc4ccc(Br)cc4c3=O)C(=O)N2c2nc(C)c(C(=O)OC)s2)cc1. The van der Waals surface area contributed by atoms with E-state index in [2.05, 4.69) is 20.9 Å². The molecule has 0 fully saturated rings. The molecule has 8 nitrogen and oxygen atoms in total. The molecule has 10 heteroatoms. The molecule has 184 valence electrons. The number of carbonyl (C=O) groups excluding carboxylic acids is 2. The van der Waals surface area contributed by atoms with Crippen LogP contribution < -0.4 is 15.1 Å². The van der Waals surface area contributed by atoms with Gasteiger partial charge in [-0.05, 0) is 49.2 Å². The number of anilines is 1. The first-order valence-electron chi connectivity index (χ1n) is 11.2. The van der Waals surface area contributed by atoms with E-state index in [4.69, 9.17) is 13.9 Å². The van der Waals surface area contributed by atoms with Crippen molar-refractivity contribution in [1.29, 1.82) is 0 Å². The summed E-state index contributed by atoms with van der Waals surface area (Å²) in [7, 11) is 1.29. The molecular formula is C26H21BrN2O6S. The number of rotatable bonds is 6. The number of amides is 1. The molecule has 0 aliphatic carbocycles. The van der Waals surface area contributed by atoms with Crippen molar-refractivity contribution >= 4 is 55.2 Å². The first-order valence-corrected chi connectivity index (χ1v) is 12.8. The first kappa shape index (κ1) is 24.2. The molecule has 1 aliphatic rings. The molecule has 0 radical (unpaired) electrons. The van der Waals surface area contributed by atoms with Crippen molar-refractivity contribution in [2.45, 2.75) is 26.3 Å². The summed E-state index contributed by atoms with van der Waals surface area (Å²) >= 11 is 4.44. The van der Waals surface area contributed by atoms with Crippen LogP contribution in [0.25, 0.3) is 11.0 Å². The largest absolute Gasteiger partial charge is 0.494 e. The third-order valence-corrected chi connectivity index (χ3v) is 7.49. The second-order valence-electron chi connectivity index (χ2n) is 8.21. The average molecular weight is 569 g/mol. The van der Waals surface area contributed by atoms with Crippen LogP contribution in [0.3, 0.4) is 0 Å². The maximum atomic E-state index is 13.7. The summed E-state index contributed by atoms with van der Waals surface area (Å²) < 4.78 is 17.3. The molecule has 1 unspecified atom stereocenters. The van der Waals surface area contributed by atoms with Gasteiger partial charge in [0.1, 0.15) is 16.2 Å². The van der Waals surface area contributed by atoms with E-state index in [1.807, 2.05) is 19.1 Å². The maximum absolute atomic E-state index is 13.7. The number of thiazole rings is 1. The molecule has 36 heavy (non-hydrogen) atoms. The lowest BCUT2D eigenvalue weighted by Crippen LogP contribution is -2.29. The number of esters is 1. The maximum Gasteiger partial charge on any atom is 0.350 e. The highest BCUT2D eigenvalue weighted by atomic mass is 79.9. The van der Waals surface area contributed by atoms with E-state index in [1.165, 1.54) is 12.0 Å². The fourth-order valence-electron chi connectivity index (χ4n) is 4.19. The van der Waals surface area contributed by atoms with Gasteiger partial charge in [-0.2, -0.15) is 0 Å². The molecule has 3 heterocycles. The van der Waals surface area contributed by atoms with Crippen LogP contribution in [0.15, 0.2) is 56.1 Å². The number of carbonyl (C=O) groups is 2. The number of hydrogen-bond acceptors (Lipinski definition) is 8. The predicted molar refractivity (Wildman–Crippen MR) is 139 cm³/mol. The Balaban J connectivity index is 1.71. The highest BCUT2D eigenvalue weighted by molar-refractivity contribution is 9.10. The average Bonchev–Trinajstić information content (AvgIpc) is 3.40. The summed E-state index contributed by atoms with van der Waals surface area (Å²) in [6, 6.07) is 11.5. The van der Waals surface area contributed by atoms with Gasteiger partial charge in [-0.15, -0.1) is 0 Å². The molecule has 0 saturated heterocycles. The zero-order valence-electron chi connectivity index (χ0n) is 19.7. The quantitative estimate of drug-likeness (QED) is 0.277. The minimum absolute atomic E-state index is 0.0430. The van der Waals surface area contributed by atoms with Gasteiger partial charge in [-0.25, -0.2) is 9.78 Å². The van der Waals surface area contributed by atoms with Gasteiger partial charge < -0.3 is 13.9 Å². The van der Waals surface area contributed by atoms with Crippen molar-refractivity contribution in [1.82, 2.24) is 4.98 Å². The van der Waals surface area contributed by atoms with Crippen LogP contribution in [0.5, 0.6) is 5.75 Å². The van der Waals surface area contributed by atoms with Crippen molar-refractivity contribution in [2.24, 2.45) is 0 Å². The lowest BCUT2D eigenvalue weighted by Gasteiger charge is -2.22. The van der Waals surface area contributed by atoms with E-state index in [-0.39, 0.29) is 26.8 Å². The Hall–Kier alpha value is -3.50. The Labute approximate surface area is 218 Å². The Bertz CT molecular complexity index is 1560. The molecule has 0 N–H and O–H groups in total. The van der Waals surface area contributed by atoms with E-state index in [0.717, 1.165) is 22.2 Å². The number of ether oxygens (including phenoxy) is 2. The van der Waals surface area contributed by atoms with E-state index >= 15 is 0 Å². The number of benzene rings is 2. The number of hydrogen-bond donors (Lipinski definition) is 0. The van der Waals surface area contributed by atoms with Crippen molar-refractivity contribution in [3.8, 4) is 5.75 Å². The lowest BCUT2D eigenvalue weighted by atomic mass is 9.98. The van der Waals surface area contributed by atoms with Gasteiger partial charge in [0.25, 0.3) is 5.91 Å². The second-order valence-corrected chi connectivity index (χ2v) is 10.1. The smallest absolute Gasteiger partial charge is 0.350 e.